The molecule has 3 nitrogen and oxygen atoms in total. The summed E-state index contributed by atoms with van der Waals surface area (Å²) in [6.45, 7) is 3.35. The first-order valence-electron chi connectivity index (χ1n) is 6.89. The van der Waals surface area contributed by atoms with Crippen molar-refractivity contribution in [2.75, 3.05) is 25.4 Å². The monoisotopic (exact) mass is 279 g/mol. The van der Waals surface area contributed by atoms with Gasteiger partial charge in [0.15, 0.2) is 0 Å². The first kappa shape index (κ1) is 14.4. The highest BCUT2D eigenvalue weighted by Crippen LogP contribution is 2.40. The molecule has 0 aromatic heterocycles. The van der Waals surface area contributed by atoms with Gasteiger partial charge >= 0.3 is 0 Å². The van der Waals surface area contributed by atoms with E-state index in [-0.39, 0.29) is 18.4 Å². The number of nitrogens with zero attached hydrogens (tertiary/aromatic N) is 1. The number of unbranched alkanes of at least 4 members (excludes halogenated alkanes) is 1. The summed E-state index contributed by atoms with van der Waals surface area (Å²) in [4.78, 5) is 15.6. The minimum atomic E-state index is -0.0374. The number of carbonyl (C=O) groups is 1. The summed E-state index contributed by atoms with van der Waals surface area (Å²) in [5, 5.41) is 9.12. The molecule has 1 unspecified atom stereocenters. The van der Waals surface area contributed by atoms with Gasteiger partial charge < -0.3 is 10.0 Å². The molecule has 0 aliphatic carbocycles. The first-order chi connectivity index (χ1) is 9.27. The van der Waals surface area contributed by atoms with Crippen LogP contribution in [0.5, 0.6) is 0 Å². The molecule has 0 spiro atoms. The zero-order valence-electron chi connectivity index (χ0n) is 11.3. The van der Waals surface area contributed by atoms with Crippen LogP contribution in [0, 0.1) is 0 Å². The van der Waals surface area contributed by atoms with E-state index in [0.29, 0.717) is 6.54 Å². The van der Waals surface area contributed by atoms with E-state index in [2.05, 4.69) is 19.1 Å². The zero-order valence-corrected chi connectivity index (χ0v) is 12.2. The van der Waals surface area contributed by atoms with Gasteiger partial charge in [0.25, 0.3) is 0 Å². The van der Waals surface area contributed by atoms with Crippen LogP contribution in [0.25, 0.3) is 0 Å². The zero-order chi connectivity index (χ0) is 13.7. The summed E-state index contributed by atoms with van der Waals surface area (Å²) in [7, 11) is 0. The molecule has 0 saturated carbocycles. The lowest BCUT2D eigenvalue weighted by Crippen LogP contribution is -2.38. The summed E-state index contributed by atoms with van der Waals surface area (Å²) >= 11 is 1.75. The van der Waals surface area contributed by atoms with Crippen LogP contribution in [0.2, 0.25) is 0 Å². The normalized spacial score (nSPS) is 17.3. The molecule has 1 amide bonds. The van der Waals surface area contributed by atoms with E-state index in [9.17, 15) is 4.79 Å². The Balaban J connectivity index is 2.10. The number of hydrogen-bond acceptors (Lipinski definition) is 3. The van der Waals surface area contributed by atoms with Crippen molar-refractivity contribution < 1.29 is 9.90 Å². The Morgan fingerprint density at radius 2 is 2.21 bits per heavy atom. The van der Waals surface area contributed by atoms with Gasteiger partial charge in [-0.1, -0.05) is 31.5 Å². The number of aliphatic hydroxyl groups is 1. The molecule has 1 N–H and O–H groups in total. The number of amides is 1. The number of aliphatic hydroxyl groups excluding tert-OH is 1. The van der Waals surface area contributed by atoms with Crippen molar-refractivity contribution >= 4 is 17.7 Å². The van der Waals surface area contributed by atoms with E-state index in [0.717, 1.165) is 30.7 Å². The van der Waals surface area contributed by atoms with Crippen LogP contribution in [-0.2, 0) is 4.79 Å². The number of benzene rings is 1. The van der Waals surface area contributed by atoms with Crippen molar-refractivity contribution in [1.29, 1.82) is 0 Å². The van der Waals surface area contributed by atoms with Gasteiger partial charge in [0, 0.05) is 23.7 Å². The highest BCUT2D eigenvalue weighted by molar-refractivity contribution is 7.99. The topological polar surface area (TPSA) is 40.5 Å². The van der Waals surface area contributed by atoms with Gasteiger partial charge in [0.1, 0.15) is 0 Å². The lowest BCUT2D eigenvalue weighted by atomic mass is 9.99. The van der Waals surface area contributed by atoms with Gasteiger partial charge in [-0.05, 0) is 18.1 Å². The Labute approximate surface area is 119 Å². The molecule has 0 bridgehead atoms. The molecule has 1 atom stereocenters. The van der Waals surface area contributed by atoms with Gasteiger partial charge in [0.05, 0.1) is 12.5 Å². The number of rotatable bonds is 6. The Kier molecular flexibility index (Phi) is 5.28. The number of hydrogen-bond donors (Lipinski definition) is 1. The highest BCUT2D eigenvalue weighted by atomic mass is 32.2. The van der Waals surface area contributed by atoms with E-state index >= 15 is 0 Å². The minimum absolute atomic E-state index is 0.0374. The van der Waals surface area contributed by atoms with Crippen molar-refractivity contribution in [2.24, 2.45) is 0 Å². The average molecular weight is 279 g/mol. The molecule has 104 valence electrons. The largest absolute Gasteiger partial charge is 0.395 e. The smallest absolute Gasteiger partial charge is 0.231 e. The quantitative estimate of drug-likeness (QED) is 0.870. The fraction of sp³-hybridized carbons (Fsp3) is 0.533. The predicted octanol–water partition coefficient (Wildman–Crippen LogP) is 2.50. The molecule has 19 heavy (non-hydrogen) atoms. The Bertz CT molecular complexity index is 436. The fourth-order valence-electron chi connectivity index (χ4n) is 2.39. The Hall–Kier alpha value is -1.00. The molecule has 0 radical (unpaired) electrons. The van der Waals surface area contributed by atoms with Gasteiger partial charge in [-0.25, -0.2) is 0 Å². The molecule has 4 heteroatoms. The molecule has 2 rings (SSSR count). The van der Waals surface area contributed by atoms with Crippen molar-refractivity contribution in [3.63, 3.8) is 0 Å². The number of fused-ring (bicyclic) bond motifs is 1. The van der Waals surface area contributed by atoms with Gasteiger partial charge in [-0.15, -0.1) is 11.8 Å². The van der Waals surface area contributed by atoms with Crippen LogP contribution < -0.4 is 0 Å². The second-order valence-electron chi connectivity index (χ2n) is 4.80. The van der Waals surface area contributed by atoms with Gasteiger partial charge in [-0.3, -0.25) is 4.79 Å². The van der Waals surface area contributed by atoms with Crippen LogP contribution in [0.4, 0.5) is 0 Å². The second-order valence-corrected chi connectivity index (χ2v) is 5.87. The summed E-state index contributed by atoms with van der Waals surface area (Å²) in [5.41, 5.74) is 1.15. The fourth-order valence-corrected chi connectivity index (χ4v) is 3.61. The van der Waals surface area contributed by atoms with E-state index in [1.807, 2.05) is 17.0 Å². The van der Waals surface area contributed by atoms with Crippen LogP contribution in [-0.4, -0.2) is 41.4 Å². The molecule has 1 aliphatic rings. The summed E-state index contributed by atoms with van der Waals surface area (Å²) in [6.07, 6.45) is 2.05. The number of thioether (sulfide) groups is 1. The van der Waals surface area contributed by atoms with Gasteiger partial charge in [-0.2, -0.15) is 0 Å². The van der Waals surface area contributed by atoms with E-state index in [4.69, 9.17) is 5.11 Å². The maximum absolute atomic E-state index is 12.6. The number of carbonyl (C=O) groups excluding carboxylic acids is 1. The lowest BCUT2D eigenvalue weighted by Gasteiger charge is -2.25. The van der Waals surface area contributed by atoms with Gasteiger partial charge in [0.2, 0.25) is 5.91 Å². The lowest BCUT2D eigenvalue weighted by molar-refractivity contribution is -0.132. The van der Waals surface area contributed by atoms with Crippen molar-refractivity contribution in [1.82, 2.24) is 4.90 Å². The molecule has 1 heterocycles. The maximum atomic E-state index is 12.6. The summed E-state index contributed by atoms with van der Waals surface area (Å²) in [6, 6.07) is 8.14. The molecule has 1 aromatic carbocycles. The Morgan fingerprint density at radius 1 is 1.42 bits per heavy atom. The van der Waals surface area contributed by atoms with E-state index < -0.39 is 0 Å². The van der Waals surface area contributed by atoms with E-state index in [1.165, 1.54) is 4.90 Å². The summed E-state index contributed by atoms with van der Waals surface area (Å²) in [5.74, 6) is 0.955. The molecular formula is C15H21NO2S. The first-order valence-corrected chi connectivity index (χ1v) is 7.87. The average Bonchev–Trinajstić information content (AvgIpc) is 2.86. The summed E-state index contributed by atoms with van der Waals surface area (Å²) < 4.78 is 0. The molecular weight excluding hydrogens is 258 g/mol. The molecule has 0 saturated heterocycles. The van der Waals surface area contributed by atoms with Crippen LogP contribution in [0.3, 0.4) is 0 Å². The maximum Gasteiger partial charge on any atom is 0.231 e. The third-order valence-electron chi connectivity index (χ3n) is 3.46. The van der Waals surface area contributed by atoms with Crippen molar-refractivity contribution in [3.05, 3.63) is 29.8 Å². The Morgan fingerprint density at radius 3 is 2.95 bits per heavy atom. The third-order valence-corrected chi connectivity index (χ3v) is 4.64. The molecule has 0 fully saturated rings. The molecule has 1 aliphatic heterocycles. The van der Waals surface area contributed by atoms with Crippen LogP contribution in [0.15, 0.2) is 29.2 Å². The van der Waals surface area contributed by atoms with E-state index in [1.54, 1.807) is 11.8 Å². The standard InChI is InChI=1S/C15H21NO2S/c1-2-3-8-16(9-10-17)15(18)13-11-19-14-7-5-4-6-12(13)14/h4-7,13,17H,2-3,8-11H2,1H3. The second kappa shape index (κ2) is 6.96. The van der Waals surface area contributed by atoms with Crippen LogP contribution in [0.1, 0.15) is 31.2 Å². The highest BCUT2D eigenvalue weighted by Gasteiger charge is 2.31. The van der Waals surface area contributed by atoms with Crippen molar-refractivity contribution in [3.8, 4) is 0 Å². The third kappa shape index (κ3) is 3.31. The predicted molar refractivity (Wildman–Crippen MR) is 78.5 cm³/mol. The minimum Gasteiger partial charge on any atom is -0.395 e. The van der Waals surface area contributed by atoms with Crippen molar-refractivity contribution in [2.45, 2.75) is 30.6 Å². The SMILES string of the molecule is CCCCN(CCO)C(=O)C1CSc2ccccc21. The molecule has 1 aromatic rings. The van der Waals surface area contributed by atoms with Crippen LogP contribution >= 0.6 is 11.8 Å².